The highest BCUT2D eigenvalue weighted by Crippen LogP contribution is 2.36. The molecule has 0 unspecified atom stereocenters. The van der Waals surface area contributed by atoms with Crippen molar-refractivity contribution in [1.29, 1.82) is 0 Å². The lowest BCUT2D eigenvalue weighted by Crippen LogP contribution is -2.05. The second kappa shape index (κ2) is 11.6. The van der Waals surface area contributed by atoms with Gasteiger partial charge >= 0.3 is 0 Å². The maximum absolute atomic E-state index is 6.83. The minimum atomic E-state index is 0.631. The van der Waals surface area contributed by atoms with Gasteiger partial charge in [0, 0.05) is 16.1 Å². The quantitative estimate of drug-likeness (QED) is 0.305. The van der Waals surface area contributed by atoms with Crippen LogP contribution in [0.1, 0.15) is 63.6 Å². The standard InChI is InChI=1S/C27H32Cl2N2/c1-4-6-8-20(9-7-5-2)18-21-10-12-23(13-11-21)27-26(29)25(19(3)30-31-27)22-14-16-24(28)17-15-22/h10-17,20H,4-9,18H2,1-3H3. The van der Waals surface area contributed by atoms with Crippen LogP contribution >= 0.6 is 23.2 Å². The van der Waals surface area contributed by atoms with Gasteiger partial charge < -0.3 is 0 Å². The fraction of sp³-hybridized carbons (Fsp3) is 0.407. The molecule has 0 saturated heterocycles. The first-order valence-corrected chi connectivity index (χ1v) is 12.2. The number of nitrogens with zero attached hydrogens (tertiary/aromatic N) is 2. The van der Waals surface area contributed by atoms with E-state index in [4.69, 9.17) is 23.2 Å². The minimum Gasteiger partial charge on any atom is -0.155 e. The molecule has 0 aliphatic heterocycles. The fourth-order valence-electron chi connectivity index (χ4n) is 4.10. The van der Waals surface area contributed by atoms with Crippen molar-refractivity contribution in [1.82, 2.24) is 10.2 Å². The summed E-state index contributed by atoms with van der Waals surface area (Å²) in [6.07, 6.45) is 8.94. The number of aryl methyl sites for hydroxylation is 1. The lowest BCUT2D eigenvalue weighted by Gasteiger charge is -2.17. The Balaban J connectivity index is 1.83. The van der Waals surface area contributed by atoms with Crippen LogP contribution in [0.15, 0.2) is 48.5 Å². The van der Waals surface area contributed by atoms with Crippen molar-refractivity contribution in [3.8, 4) is 22.4 Å². The van der Waals surface area contributed by atoms with E-state index in [1.807, 2.05) is 31.2 Å². The number of benzene rings is 2. The zero-order valence-corrected chi connectivity index (χ0v) is 20.3. The largest absolute Gasteiger partial charge is 0.155 e. The molecular weight excluding hydrogens is 423 g/mol. The molecule has 0 fully saturated rings. The Morgan fingerprint density at radius 1 is 0.774 bits per heavy atom. The SMILES string of the molecule is CCCCC(CCCC)Cc1ccc(-c2nnc(C)c(-c3ccc(Cl)cc3)c2Cl)cc1. The molecule has 31 heavy (non-hydrogen) atoms. The first-order valence-electron chi connectivity index (χ1n) is 11.4. The second-order valence-electron chi connectivity index (χ2n) is 8.38. The average molecular weight is 455 g/mol. The van der Waals surface area contributed by atoms with E-state index in [2.05, 4.69) is 48.3 Å². The molecule has 0 aliphatic rings. The monoisotopic (exact) mass is 454 g/mol. The first kappa shape index (κ1) is 23.8. The van der Waals surface area contributed by atoms with Gasteiger partial charge in [-0.3, -0.25) is 0 Å². The van der Waals surface area contributed by atoms with Crippen molar-refractivity contribution in [3.05, 3.63) is 69.8 Å². The summed E-state index contributed by atoms with van der Waals surface area (Å²) in [5.74, 6) is 0.769. The predicted octanol–water partition coefficient (Wildman–Crippen LogP) is 8.96. The Hall–Kier alpha value is -1.90. The van der Waals surface area contributed by atoms with E-state index in [0.717, 1.165) is 40.4 Å². The van der Waals surface area contributed by atoms with Crippen molar-refractivity contribution < 1.29 is 0 Å². The molecule has 0 aliphatic carbocycles. The number of rotatable bonds is 10. The van der Waals surface area contributed by atoms with Crippen molar-refractivity contribution >= 4 is 23.2 Å². The molecule has 0 radical (unpaired) electrons. The van der Waals surface area contributed by atoms with E-state index in [-0.39, 0.29) is 0 Å². The summed E-state index contributed by atoms with van der Waals surface area (Å²) in [5.41, 5.74) is 5.81. The highest BCUT2D eigenvalue weighted by atomic mass is 35.5. The molecule has 4 heteroatoms. The number of halogens is 2. The Labute approximate surface area is 197 Å². The van der Waals surface area contributed by atoms with E-state index in [0.29, 0.717) is 10.0 Å². The van der Waals surface area contributed by atoms with Crippen LogP contribution in [0.3, 0.4) is 0 Å². The van der Waals surface area contributed by atoms with Crippen molar-refractivity contribution in [2.24, 2.45) is 5.92 Å². The van der Waals surface area contributed by atoms with Gasteiger partial charge in [0.15, 0.2) is 0 Å². The average Bonchev–Trinajstić information content (AvgIpc) is 2.77. The van der Waals surface area contributed by atoms with Gasteiger partial charge in [-0.2, -0.15) is 5.10 Å². The van der Waals surface area contributed by atoms with E-state index in [9.17, 15) is 0 Å². The van der Waals surface area contributed by atoms with Crippen LogP contribution in [-0.4, -0.2) is 10.2 Å². The second-order valence-corrected chi connectivity index (χ2v) is 9.20. The maximum atomic E-state index is 6.83. The molecule has 0 bridgehead atoms. The van der Waals surface area contributed by atoms with E-state index in [1.54, 1.807) is 0 Å². The predicted molar refractivity (Wildman–Crippen MR) is 134 cm³/mol. The summed E-state index contributed by atoms with van der Waals surface area (Å²) in [4.78, 5) is 0. The minimum absolute atomic E-state index is 0.631. The van der Waals surface area contributed by atoms with Crippen LogP contribution in [-0.2, 0) is 6.42 Å². The van der Waals surface area contributed by atoms with Gasteiger partial charge in [0.25, 0.3) is 0 Å². The summed E-state index contributed by atoms with van der Waals surface area (Å²) >= 11 is 12.9. The highest BCUT2D eigenvalue weighted by Gasteiger charge is 2.16. The molecular formula is C27H32Cl2N2. The van der Waals surface area contributed by atoms with Crippen molar-refractivity contribution in [2.75, 3.05) is 0 Å². The molecule has 0 spiro atoms. The van der Waals surface area contributed by atoms with Gasteiger partial charge in [0.1, 0.15) is 5.69 Å². The zero-order chi connectivity index (χ0) is 22.2. The van der Waals surface area contributed by atoms with Gasteiger partial charge in [-0.15, -0.1) is 5.10 Å². The Morgan fingerprint density at radius 3 is 1.94 bits per heavy atom. The van der Waals surface area contributed by atoms with Crippen molar-refractivity contribution in [2.45, 2.75) is 65.7 Å². The van der Waals surface area contributed by atoms with Crippen LogP contribution < -0.4 is 0 Å². The van der Waals surface area contributed by atoms with Crippen LogP contribution in [0.2, 0.25) is 10.0 Å². The smallest absolute Gasteiger partial charge is 0.112 e. The van der Waals surface area contributed by atoms with E-state index in [1.165, 1.54) is 44.1 Å². The summed E-state index contributed by atoms with van der Waals surface area (Å²) in [7, 11) is 0. The third-order valence-corrected chi connectivity index (χ3v) is 6.53. The molecule has 2 nitrogen and oxygen atoms in total. The first-order chi connectivity index (χ1) is 15.0. The van der Waals surface area contributed by atoms with Gasteiger partial charge in [-0.1, -0.05) is 112 Å². The fourth-order valence-corrected chi connectivity index (χ4v) is 4.62. The molecule has 1 aromatic heterocycles. The molecule has 0 saturated carbocycles. The normalized spacial score (nSPS) is 11.3. The van der Waals surface area contributed by atoms with Crippen LogP contribution in [0.25, 0.3) is 22.4 Å². The zero-order valence-electron chi connectivity index (χ0n) is 18.8. The Bertz CT molecular complexity index is 958. The van der Waals surface area contributed by atoms with Gasteiger partial charge in [-0.25, -0.2) is 0 Å². The molecule has 164 valence electrons. The molecule has 1 heterocycles. The topological polar surface area (TPSA) is 25.8 Å². The molecule has 0 atom stereocenters. The molecule has 3 aromatic rings. The Kier molecular flexibility index (Phi) is 8.92. The number of aromatic nitrogens is 2. The van der Waals surface area contributed by atoms with Crippen molar-refractivity contribution in [3.63, 3.8) is 0 Å². The summed E-state index contributed by atoms with van der Waals surface area (Å²) in [5, 5.41) is 10.1. The summed E-state index contributed by atoms with van der Waals surface area (Å²) < 4.78 is 0. The number of hydrogen-bond donors (Lipinski definition) is 0. The lowest BCUT2D eigenvalue weighted by molar-refractivity contribution is 0.417. The van der Waals surface area contributed by atoms with Crippen LogP contribution in [0.5, 0.6) is 0 Å². The van der Waals surface area contributed by atoms with E-state index < -0.39 is 0 Å². The third kappa shape index (κ3) is 6.30. The molecule has 3 rings (SSSR count). The number of unbranched alkanes of at least 4 members (excludes halogenated alkanes) is 2. The van der Waals surface area contributed by atoms with Crippen LogP contribution in [0.4, 0.5) is 0 Å². The van der Waals surface area contributed by atoms with Crippen LogP contribution in [0, 0.1) is 12.8 Å². The van der Waals surface area contributed by atoms with E-state index >= 15 is 0 Å². The van der Waals surface area contributed by atoms with Gasteiger partial charge in [-0.05, 0) is 42.5 Å². The van der Waals surface area contributed by atoms with Gasteiger partial charge in [0.2, 0.25) is 0 Å². The lowest BCUT2D eigenvalue weighted by atomic mass is 9.89. The summed E-state index contributed by atoms with van der Waals surface area (Å²) in [6, 6.07) is 16.4. The Morgan fingerprint density at radius 2 is 1.35 bits per heavy atom. The maximum Gasteiger partial charge on any atom is 0.112 e. The number of hydrogen-bond acceptors (Lipinski definition) is 2. The molecule has 2 aromatic carbocycles. The molecule has 0 amide bonds. The molecule has 0 N–H and O–H groups in total. The summed E-state index contributed by atoms with van der Waals surface area (Å²) in [6.45, 7) is 6.48. The third-order valence-electron chi connectivity index (χ3n) is 5.91. The van der Waals surface area contributed by atoms with Gasteiger partial charge in [0.05, 0.1) is 10.7 Å². The highest BCUT2D eigenvalue weighted by molar-refractivity contribution is 6.36.